The van der Waals surface area contributed by atoms with E-state index in [2.05, 4.69) is 11.6 Å². The lowest BCUT2D eigenvalue weighted by Gasteiger charge is -2.25. The SMILES string of the molecule is C=CCOc1ccc(/C(O)=C2/C(=O)C(=O)N(Cc3cccnc3)C2c2ccc(F)cc2)cc1. The third-order valence-corrected chi connectivity index (χ3v) is 5.30. The molecule has 6 nitrogen and oxygen atoms in total. The lowest BCUT2D eigenvalue weighted by Crippen LogP contribution is -2.29. The Morgan fingerprint density at radius 1 is 1.12 bits per heavy atom. The Morgan fingerprint density at radius 2 is 1.85 bits per heavy atom. The fraction of sp³-hybridized carbons (Fsp3) is 0.115. The van der Waals surface area contributed by atoms with Crippen molar-refractivity contribution in [2.24, 2.45) is 0 Å². The van der Waals surface area contributed by atoms with E-state index in [9.17, 15) is 19.1 Å². The Bertz CT molecular complexity index is 1210. The molecule has 1 aromatic heterocycles. The molecule has 1 saturated heterocycles. The minimum absolute atomic E-state index is 0.0599. The average molecular weight is 444 g/mol. The normalized spacial score (nSPS) is 17.2. The van der Waals surface area contributed by atoms with Gasteiger partial charge in [-0.1, -0.05) is 30.9 Å². The average Bonchev–Trinajstić information content (AvgIpc) is 3.08. The molecule has 3 aromatic rings. The van der Waals surface area contributed by atoms with Crippen LogP contribution < -0.4 is 4.74 Å². The van der Waals surface area contributed by atoms with Crippen LogP contribution in [0.15, 0.2) is 91.3 Å². The lowest BCUT2D eigenvalue weighted by molar-refractivity contribution is -0.140. The van der Waals surface area contributed by atoms with Gasteiger partial charge in [-0.25, -0.2) is 4.39 Å². The molecule has 4 rings (SSSR count). The number of aliphatic hydroxyl groups excluding tert-OH is 1. The zero-order valence-corrected chi connectivity index (χ0v) is 17.6. The van der Waals surface area contributed by atoms with Gasteiger partial charge in [-0.3, -0.25) is 14.6 Å². The zero-order chi connectivity index (χ0) is 23.4. The monoisotopic (exact) mass is 444 g/mol. The molecule has 0 radical (unpaired) electrons. The van der Waals surface area contributed by atoms with Crippen LogP contribution in [0.1, 0.15) is 22.7 Å². The maximum Gasteiger partial charge on any atom is 0.295 e. The first-order valence-electron chi connectivity index (χ1n) is 10.3. The van der Waals surface area contributed by atoms with Gasteiger partial charge < -0.3 is 14.7 Å². The quantitative estimate of drug-likeness (QED) is 0.253. The first-order chi connectivity index (χ1) is 16.0. The van der Waals surface area contributed by atoms with Crippen molar-refractivity contribution in [3.8, 4) is 5.75 Å². The van der Waals surface area contributed by atoms with Crippen LogP contribution in [0.25, 0.3) is 5.76 Å². The maximum atomic E-state index is 13.6. The maximum absolute atomic E-state index is 13.6. The summed E-state index contributed by atoms with van der Waals surface area (Å²) < 4.78 is 19.0. The minimum Gasteiger partial charge on any atom is -0.507 e. The second-order valence-electron chi connectivity index (χ2n) is 7.46. The van der Waals surface area contributed by atoms with Crippen LogP contribution in [0.3, 0.4) is 0 Å². The van der Waals surface area contributed by atoms with Crippen molar-refractivity contribution in [1.82, 2.24) is 9.88 Å². The standard InChI is InChI=1S/C26H21FN2O4/c1-2-14-33-21-11-7-19(8-12-21)24(30)22-23(18-5-9-20(27)10-6-18)29(26(32)25(22)31)16-17-4-3-13-28-15-17/h2-13,15,23,30H,1,14,16H2/b24-22-. The molecule has 7 heteroatoms. The van der Waals surface area contributed by atoms with Gasteiger partial charge in [0.1, 0.15) is 23.9 Å². The van der Waals surface area contributed by atoms with E-state index in [1.807, 2.05) is 0 Å². The van der Waals surface area contributed by atoms with Crippen molar-refractivity contribution in [3.63, 3.8) is 0 Å². The Kier molecular flexibility index (Phi) is 6.31. The van der Waals surface area contributed by atoms with E-state index in [-0.39, 0.29) is 17.9 Å². The van der Waals surface area contributed by atoms with Crippen LogP contribution in [-0.4, -0.2) is 33.3 Å². The molecule has 0 saturated carbocycles. The summed E-state index contributed by atoms with van der Waals surface area (Å²) in [5.41, 5.74) is 1.52. The third kappa shape index (κ3) is 4.52. The number of hydrogen-bond acceptors (Lipinski definition) is 5. The molecular formula is C26H21FN2O4. The van der Waals surface area contributed by atoms with Crippen molar-refractivity contribution in [2.75, 3.05) is 6.61 Å². The summed E-state index contributed by atoms with van der Waals surface area (Å²) >= 11 is 0. The predicted octanol–water partition coefficient (Wildman–Crippen LogP) is 4.41. The largest absolute Gasteiger partial charge is 0.507 e. The summed E-state index contributed by atoms with van der Waals surface area (Å²) in [5, 5.41) is 11.1. The molecular weight excluding hydrogens is 423 g/mol. The van der Waals surface area contributed by atoms with Crippen LogP contribution in [0, 0.1) is 5.82 Å². The smallest absolute Gasteiger partial charge is 0.295 e. The predicted molar refractivity (Wildman–Crippen MR) is 121 cm³/mol. The van der Waals surface area contributed by atoms with Gasteiger partial charge in [-0.15, -0.1) is 0 Å². The van der Waals surface area contributed by atoms with Gasteiger partial charge >= 0.3 is 0 Å². The molecule has 1 atom stereocenters. The number of likely N-dealkylation sites (tertiary alicyclic amines) is 1. The van der Waals surface area contributed by atoms with Crippen LogP contribution in [0.5, 0.6) is 5.75 Å². The van der Waals surface area contributed by atoms with E-state index in [4.69, 9.17) is 4.74 Å². The third-order valence-electron chi connectivity index (χ3n) is 5.30. The van der Waals surface area contributed by atoms with Crippen LogP contribution in [0.2, 0.25) is 0 Å². The first-order valence-corrected chi connectivity index (χ1v) is 10.3. The molecule has 0 spiro atoms. The molecule has 1 unspecified atom stereocenters. The van der Waals surface area contributed by atoms with E-state index in [0.717, 1.165) is 5.56 Å². The molecule has 1 N–H and O–H groups in total. The van der Waals surface area contributed by atoms with Crippen molar-refractivity contribution in [3.05, 3.63) is 114 Å². The van der Waals surface area contributed by atoms with Crippen molar-refractivity contribution in [2.45, 2.75) is 12.6 Å². The fourth-order valence-electron chi connectivity index (χ4n) is 3.74. The lowest BCUT2D eigenvalue weighted by atomic mass is 9.95. The van der Waals surface area contributed by atoms with Crippen molar-refractivity contribution >= 4 is 17.4 Å². The number of halogens is 1. The number of pyridine rings is 1. The molecule has 1 fully saturated rings. The topological polar surface area (TPSA) is 79.7 Å². The Morgan fingerprint density at radius 3 is 2.48 bits per heavy atom. The molecule has 33 heavy (non-hydrogen) atoms. The fourth-order valence-corrected chi connectivity index (χ4v) is 3.74. The Labute approximate surface area is 190 Å². The van der Waals surface area contributed by atoms with Crippen LogP contribution >= 0.6 is 0 Å². The number of benzene rings is 2. The number of ketones is 1. The van der Waals surface area contributed by atoms with Crippen molar-refractivity contribution in [1.29, 1.82) is 0 Å². The number of nitrogens with zero attached hydrogens (tertiary/aromatic N) is 2. The highest BCUT2D eigenvalue weighted by molar-refractivity contribution is 6.46. The molecule has 166 valence electrons. The number of carbonyl (C=O) groups excluding carboxylic acids is 2. The summed E-state index contributed by atoms with van der Waals surface area (Å²) in [5.74, 6) is -1.75. The minimum atomic E-state index is -0.887. The van der Waals surface area contributed by atoms with Gasteiger partial charge in [0.2, 0.25) is 0 Å². The number of ether oxygens (including phenoxy) is 1. The number of hydrogen-bond donors (Lipinski definition) is 1. The van der Waals surface area contributed by atoms with Gasteiger partial charge in [0.25, 0.3) is 11.7 Å². The van der Waals surface area contributed by atoms with E-state index in [1.54, 1.807) is 54.9 Å². The van der Waals surface area contributed by atoms with E-state index < -0.39 is 23.5 Å². The first kappa shape index (κ1) is 22.0. The van der Waals surface area contributed by atoms with Gasteiger partial charge in [-0.2, -0.15) is 0 Å². The second kappa shape index (κ2) is 9.48. The molecule has 2 aromatic carbocycles. The molecule has 1 amide bonds. The number of carbonyl (C=O) groups is 2. The van der Waals surface area contributed by atoms with Gasteiger partial charge in [-0.05, 0) is 53.6 Å². The Hall–Kier alpha value is -4.26. The van der Waals surface area contributed by atoms with E-state index in [1.165, 1.54) is 29.2 Å². The van der Waals surface area contributed by atoms with E-state index in [0.29, 0.717) is 23.5 Å². The number of amides is 1. The second-order valence-corrected chi connectivity index (χ2v) is 7.46. The van der Waals surface area contributed by atoms with Gasteiger partial charge in [0.15, 0.2) is 0 Å². The summed E-state index contributed by atoms with van der Waals surface area (Å²) in [6.45, 7) is 4.03. The Balaban J connectivity index is 1.78. The molecule has 2 heterocycles. The molecule has 0 aliphatic carbocycles. The van der Waals surface area contributed by atoms with E-state index >= 15 is 0 Å². The van der Waals surface area contributed by atoms with Gasteiger partial charge in [0, 0.05) is 24.5 Å². The highest BCUT2D eigenvalue weighted by Crippen LogP contribution is 2.40. The highest BCUT2D eigenvalue weighted by Gasteiger charge is 2.46. The zero-order valence-electron chi connectivity index (χ0n) is 17.6. The van der Waals surface area contributed by atoms with Crippen LogP contribution in [0.4, 0.5) is 4.39 Å². The molecule has 1 aliphatic heterocycles. The van der Waals surface area contributed by atoms with Crippen molar-refractivity contribution < 1.29 is 23.8 Å². The molecule has 0 bridgehead atoms. The summed E-state index contributed by atoms with van der Waals surface area (Å²) in [6.07, 6.45) is 4.82. The number of aromatic nitrogens is 1. The summed E-state index contributed by atoms with van der Waals surface area (Å²) in [4.78, 5) is 31.5. The van der Waals surface area contributed by atoms with Crippen LogP contribution in [-0.2, 0) is 16.1 Å². The summed E-state index contributed by atoms with van der Waals surface area (Å²) in [7, 11) is 0. The molecule has 1 aliphatic rings. The number of Topliss-reactive ketones (excluding diaryl/α,β-unsaturated/α-hetero) is 1. The highest BCUT2D eigenvalue weighted by atomic mass is 19.1. The van der Waals surface area contributed by atoms with Gasteiger partial charge in [0.05, 0.1) is 11.6 Å². The number of rotatable bonds is 7. The summed E-state index contributed by atoms with van der Waals surface area (Å²) in [6, 6.07) is 14.6. The number of aliphatic hydroxyl groups is 1.